The molecule has 0 saturated carbocycles. The van der Waals surface area contributed by atoms with Crippen molar-refractivity contribution in [1.29, 1.82) is 0 Å². The van der Waals surface area contributed by atoms with Gasteiger partial charge in [-0.1, -0.05) is 48.0 Å². The Morgan fingerprint density at radius 2 is 1.69 bits per heavy atom. The normalized spacial score (nSPS) is 16.2. The summed E-state index contributed by atoms with van der Waals surface area (Å²) in [7, 11) is 1.76. The Bertz CT molecular complexity index is 1190. The quantitative estimate of drug-likeness (QED) is 0.217. The predicted octanol–water partition coefficient (Wildman–Crippen LogP) is 7.02. The van der Waals surface area contributed by atoms with Crippen molar-refractivity contribution in [3.8, 4) is 5.75 Å². The van der Waals surface area contributed by atoms with Gasteiger partial charge in [-0.05, 0) is 105 Å². The van der Waals surface area contributed by atoms with Crippen LogP contribution in [0.5, 0.6) is 5.75 Å². The van der Waals surface area contributed by atoms with E-state index in [1.807, 2.05) is 79.7 Å². The molecule has 0 radical (unpaired) electrons. The van der Waals surface area contributed by atoms with Crippen molar-refractivity contribution in [2.75, 3.05) is 7.05 Å². The number of halogens is 2. The lowest BCUT2D eigenvalue weighted by molar-refractivity contribution is -0.121. The van der Waals surface area contributed by atoms with Gasteiger partial charge in [0.15, 0.2) is 5.17 Å². The molecular weight excluding hydrogens is 646 g/mol. The number of hydrogen-bond donors (Lipinski definition) is 0. The molecule has 0 N–H and O–H groups in total. The minimum absolute atomic E-state index is 0.0460. The highest BCUT2D eigenvalue weighted by Gasteiger charge is 2.30. The highest BCUT2D eigenvalue weighted by Crippen LogP contribution is 2.35. The molecule has 0 bridgehead atoms. The van der Waals surface area contributed by atoms with Gasteiger partial charge in [-0.25, -0.2) is 4.99 Å². The van der Waals surface area contributed by atoms with E-state index in [1.54, 1.807) is 11.9 Å². The average Bonchev–Trinajstić information content (AvgIpc) is 3.03. The molecule has 1 amide bonds. The molecule has 32 heavy (non-hydrogen) atoms. The first-order valence-corrected chi connectivity index (χ1v) is 12.9. The van der Waals surface area contributed by atoms with Crippen LogP contribution >= 0.6 is 56.9 Å². The predicted molar refractivity (Wildman–Crippen MR) is 149 cm³/mol. The summed E-state index contributed by atoms with van der Waals surface area (Å²) in [5.41, 5.74) is 4.11. The van der Waals surface area contributed by atoms with Crippen LogP contribution in [0.25, 0.3) is 6.08 Å². The van der Waals surface area contributed by atoms with E-state index in [0.29, 0.717) is 16.7 Å². The second kappa shape index (κ2) is 10.4. The Kier molecular flexibility index (Phi) is 7.57. The number of nitrogens with zero attached hydrogens (tertiary/aromatic N) is 2. The zero-order valence-electron chi connectivity index (χ0n) is 17.5. The number of benzene rings is 3. The van der Waals surface area contributed by atoms with Gasteiger partial charge in [-0.2, -0.15) is 0 Å². The fraction of sp³-hybridized carbons (Fsp3) is 0.120. The van der Waals surface area contributed by atoms with Gasteiger partial charge in [0.2, 0.25) is 0 Å². The van der Waals surface area contributed by atoms with Gasteiger partial charge < -0.3 is 4.74 Å². The van der Waals surface area contributed by atoms with Gasteiger partial charge in [0.05, 0.1) is 17.7 Å². The van der Waals surface area contributed by atoms with E-state index in [9.17, 15) is 4.79 Å². The van der Waals surface area contributed by atoms with Gasteiger partial charge in [0.25, 0.3) is 5.91 Å². The van der Waals surface area contributed by atoms with Crippen LogP contribution in [0.3, 0.4) is 0 Å². The molecule has 1 saturated heterocycles. The molecule has 1 aliphatic rings. The molecular formula is C25H20I2N2O2S. The summed E-state index contributed by atoms with van der Waals surface area (Å²) in [5, 5.41) is 0.678. The molecule has 0 spiro atoms. The maximum Gasteiger partial charge on any atom is 0.266 e. The zero-order valence-corrected chi connectivity index (χ0v) is 22.6. The van der Waals surface area contributed by atoms with Gasteiger partial charge in [-0.3, -0.25) is 9.69 Å². The van der Waals surface area contributed by atoms with Gasteiger partial charge >= 0.3 is 0 Å². The number of rotatable bonds is 5. The Morgan fingerprint density at radius 3 is 2.34 bits per heavy atom. The van der Waals surface area contributed by atoms with E-state index in [1.165, 1.54) is 17.3 Å². The number of aryl methyl sites for hydroxylation is 1. The molecule has 3 aromatic carbocycles. The third-order valence-corrected chi connectivity index (χ3v) is 7.47. The highest BCUT2D eigenvalue weighted by molar-refractivity contribution is 14.1. The van der Waals surface area contributed by atoms with Crippen molar-refractivity contribution >= 4 is 79.8 Å². The van der Waals surface area contributed by atoms with Crippen LogP contribution in [0.4, 0.5) is 5.69 Å². The molecule has 7 heteroatoms. The van der Waals surface area contributed by atoms with Crippen LogP contribution in [0.2, 0.25) is 0 Å². The summed E-state index contributed by atoms with van der Waals surface area (Å²) in [6, 6.07) is 22.1. The number of aliphatic imine (C=N–C) groups is 1. The summed E-state index contributed by atoms with van der Waals surface area (Å²) in [6.45, 7) is 2.56. The van der Waals surface area contributed by atoms with Crippen molar-refractivity contribution in [2.24, 2.45) is 4.99 Å². The molecule has 3 aromatic rings. The average molecular weight is 666 g/mol. The fourth-order valence-electron chi connectivity index (χ4n) is 3.06. The molecule has 1 heterocycles. The monoisotopic (exact) mass is 666 g/mol. The molecule has 0 aliphatic carbocycles. The first kappa shape index (κ1) is 23.3. The number of hydrogen-bond acceptors (Lipinski definition) is 4. The van der Waals surface area contributed by atoms with E-state index in [2.05, 4.69) is 50.2 Å². The lowest BCUT2D eigenvalue weighted by atomic mass is 10.2. The standard InChI is InChI=1S/C25H20I2N2O2S/c1-16-8-10-19(11-9-16)28-25-29(2)24(30)22(32-25)14-18-12-20(26)23(21(27)13-18)31-15-17-6-4-3-5-7-17/h3-14H,15H2,1-2H3/b22-14+,28-25?. The van der Waals surface area contributed by atoms with Crippen molar-refractivity contribution in [2.45, 2.75) is 13.5 Å². The number of thioether (sulfide) groups is 1. The van der Waals surface area contributed by atoms with Crippen molar-refractivity contribution in [1.82, 2.24) is 4.90 Å². The number of likely N-dealkylation sites (N-methyl/N-ethyl adjacent to an activating group) is 1. The molecule has 162 valence electrons. The largest absolute Gasteiger partial charge is 0.487 e. The maximum absolute atomic E-state index is 12.8. The number of ether oxygens (including phenoxy) is 1. The van der Waals surface area contributed by atoms with E-state index in [4.69, 9.17) is 4.74 Å². The van der Waals surface area contributed by atoms with E-state index < -0.39 is 0 Å². The van der Waals surface area contributed by atoms with Gasteiger partial charge in [0.1, 0.15) is 12.4 Å². The number of amides is 1. The van der Waals surface area contributed by atoms with E-state index in [-0.39, 0.29) is 5.91 Å². The number of carbonyl (C=O) groups is 1. The third-order valence-electron chi connectivity index (χ3n) is 4.81. The molecule has 1 aliphatic heterocycles. The smallest absolute Gasteiger partial charge is 0.266 e. The molecule has 0 atom stereocenters. The zero-order chi connectivity index (χ0) is 22.7. The third kappa shape index (κ3) is 5.55. The Balaban J connectivity index is 1.54. The lowest BCUT2D eigenvalue weighted by Crippen LogP contribution is -2.23. The molecule has 1 fully saturated rings. The number of carbonyl (C=O) groups excluding carboxylic acids is 1. The van der Waals surface area contributed by atoms with Crippen LogP contribution in [-0.2, 0) is 11.4 Å². The first-order chi connectivity index (χ1) is 15.4. The van der Waals surface area contributed by atoms with Crippen LogP contribution in [0.15, 0.2) is 76.6 Å². The molecule has 4 nitrogen and oxygen atoms in total. The minimum Gasteiger partial charge on any atom is -0.487 e. The summed E-state index contributed by atoms with van der Waals surface area (Å²) in [5.74, 6) is 0.816. The summed E-state index contributed by atoms with van der Waals surface area (Å²) >= 11 is 5.97. The minimum atomic E-state index is -0.0460. The molecule has 4 rings (SSSR count). The molecule has 0 unspecified atom stereocenters. The maximum atomic E-state index is 12.8. The highest BCUT2D eigenvalue weighted by atomic mass is 127. The number of amidine groups is 1. The van der Waals surface area contributed by atoms with Crippen LogP contribution in [0, 0.1) is 14.1 Å². The second-order valence-corrected chi connectivity index (χ2v) is 10.6. The first-order valence-electron chi connectivity index (χ1n) is 9.89. The SMILES string of the molecule is Cc1ccc(N=C2S/C(=C/c3cc(I)c(OCc4ccccc4)c(I)c3)C(=O)N2C)cc1. The summed E-state index contributed by atoms with van der Waals surface area (Å²) in [4.78, 5) is 19.7. The van der Waals surface area contributed by atoms with Crippen LogP contribution in [0.1, 0.15) is 16.7 Å². The summed E-state index contributed by atoms with van der Waals surface area (Å²) < 4.78 is 8.09. The van der Waals surface area contributed by atoms with Crippen LogP contribution < -0.4 is 4.74 Å². The summed E-state index contributed by atoms with van der Waals surface area (Å²) in [6.07, 6.45) is 1.92. The van der Waals surface area contributed by atoms with Gasteiger partial charge in [0, 0.05) is 7.05 Å². The lowest BCUT2D eigenvalue weighted by Gasteiger charge is -2.11. The van der Waals surface area contributed by atoms with Crippen molar-refractivity contribution in [3.05, 3.63) is 95.5 Å². The Labute approximate surface area is 219 Å². The van der Waals surface area contributed by atoms with Crippen molar-refractivity contribution < 1.29 is 9.53 Å². The van der Waals surface area contributed by atoms with E-state index >= 15 is 0 Å². The second-order valence-electron chi connectivity index (χ2n) is 7.29. The van der Waals surface area contributed by atoms with E-state index in [0.717, 1.165) is 29.7 Å². The Morgan fingerprint density at radius 1 is 1.03 bits per heavy atom. The van der Waals surface area contributed by atoms with Crippen molar-refractivity contribution in [3.63, 3.8) is 0 Å². The van der Waals surface area contributed by atoms with Crippen LogP contribution in [-0.4, -0.2) is 23.0 Å². The fourth-order valence-corrected chi connectivity index (χ4v) is 6.18. The topological polar surface area (TPSA) is 41.9 Å². The van der Waals surface area contributed by atoms with Gasteiger partial charge in [-0.15, -0.1) is 0 Å². The Hall–Kier alpha value is -1.85. The molecule has 0 aromatic heterocycles.